The summed E-state index contributed by atoms with van der Waals surface area (Å²) < 4.78 is 27.4. The van der Waals surface area contributed by atoms with Gasteiger partial charge in [0.05, 0.1) is 10.6 Å². The molecule has 2 aromatic carbocycles. The zero-order valence-corrected chi connectivity index (χ0v) is 14.6. The maximum absolute atomic E-state index is 13.1. The summed E-state index contributed by atoms with van der Waals surface area (Å²) in [5.74, 6) is -0.937. The molecule has 0 radical (unpaired) electrons. The first kappa shape index (κ1) is 18.0. The van der Waals surface area contributed by atoms with E-state index in [1.54, 1.807) is 30.3 Å². The second-order valence-electron chi connectivity index (χ2n) is 5.68. The van der Waals surface area contributed by atoms with Gasteiger partial charge in [0, 0.05) is 13.0 Å². The van der Waals surface area contributed by atoms with Crippen molar-refractivity contribution >= 4 is 21.7 Å². The minimum absolute atomic E-state index is 0.0777. The lowest BCUT2D eigenvalue weighted by Crippen LogP contribution is -2.33. The minimum atomic E-state index is -3.75. The van der Waals surface area contributed by atoms with Crippen LogP contribution < -0.4 is 4.31 Å². The van der Waals surface area contributed by atoms with Crippen LogP contribution in [0.3, 0.4) is 0 Å². The van der Waals surface area contributed by atoms with E-state index in [0.717, 1.165) is 11.1 Å². The fourth-order valence-corrected chi connectivity index (χ4v) is 4.03. The van der Waals surface area contributed by atoms with Crippen LogP contribution in [0.2, 0.25) is 0 Å². The molecule has 1 N–H and O–H groups in total. The van der Waals surface area contributed by atoms with Crippen LogP contribution in [-0.4, -0.2) is 26.0 Å². The highest BCUT2D eigenvalue weighted by Crippen LogP contribution is 2.28. The first-order valence-corrected chi connectivity index (χ1v) is 9.13. The van der Waals surface area contributed by atoms with E-state index in [-0.39, 0.29) is 24.3 Å². The third kappa shape index (κ3) is 4.14. The van der Waals surface area contributed by atoms with Gasteiger partial charge in [-0.2, -0.15) is 0 Å². The monoisotopic (exact) mass is 347 g/mol. The van der Waals surface area contributed by atoms with Crippen molar-refractivity contribution in [3.8, 4) is 0 Å². The molecule has 0 aliphatic carbocycles. The predicted molar refractivity (Wildman–Crippen MR) is 93.8 cm³/mol. The Labute approximate surface area is 142 Å². The molecule has 0 heterocycles. The molecular formula is C18H21NO4S. The molecule has 0 unspecified atom stereocenters. The topological polar surface area (TPSA) is 74.7 Å². The van der Waals surface area contributed by atoms with E-state index in [2.05, 4.69) is 0 Å². The maximum Gasteiger partial charge on any atom is 0.303 e. The van der Waals surface area contributed by atoms with Crippen molar-refractivity contribution in [3.63, 3.8) is 0 Å². The number of hydrogen-bond donors (Lipinski definition) is 1. The standard InChI is InChI=1S/C18H21NO4S/c1-14-10-11-15(2)17(13-14)19(12-6-9-18(20)21)24(22,23)16-7-4-3-5-8-16/h3-5,7-8,10-11,13H,6,9,12H2,1-2H3,(H,20,21). The number of aliphatic carboxylic acids is 1. The molecule has 24 heavy (non-hydrogen) atoms. The molecule has 0 saturated carbocycles. The van der Waals surface area contributed by atoms with Gasteiger partial charge in [-0.15, -0.1) is 0 Å². The molecule has 2 aromatic rings. The number of rotatable bonds is 7. The van der Waals surface area contributed by atoms with Crippen LogP contribution in [0.25, 0.3) is 0 Å². The van der Waals surface area contributed by atoms with Gasteiger partial charge >= 0.3 is 5.97 Å². The Hall–Kier alpha value is -2.34. The summed E-state index contributed by atoms with van der Waals surface area (Å²) >= 11 is 0. The lowest BCUT2D eigenvalue weighted by molar-refractivity contribution is -0.137. The van der Waals surface area contributed by atoms with Gasteiger partial charge in [0.25, 0.3) is 10.0 Å². The molecule has 0 saturated heterocycles. The van der Waals surface area contributed by atoms with Crippen LogP contribution in [0.5, 0.6) is 0 Å². The molecule has 2 rings (SSSR count). The van der Waals surface area contributed by atoms with Crippen molar-refractivity contribution in [3.05, 3.63) is 59.7 Å². The van der Waals surface area contributed by atoms with Gasteiger partial charge in [0.2, 0.25) is 0 Å². The number of hydrogen-bond acceptors (Lipinski definition) is 3. The maximum atomic E-state index is 13.1. The minimum Gasteiger partial charge on any atom is -0.481 e. The van der Waals surface area contributed by atoms with Crippen molar-refractivity contribution in [2.45, 2.75) is 31.6 Å². The molecule has 5 nitrogen and oxygen atoms in total. The van der Waals surface area contributed by atoms with E-state index in [1.807, 2.05) is 32.0 Å². The van der Waals surface area contributed by atoms with Gasteiger partial charge in [-0.05, 0) is 49.6 Å². The SMILES string of the molecule is Cc1ccc(C)c(N(CCCC(=O)O)S(=O)(=O)c2ccccc2)c1. The summed E-state index contributed by atoms with van der Waals surface area (Å²) in [6.45, 7) is 3.86. The normalized spacial score (nSPS) is 11.2. The molecule has 0 bridgehead atoms. The van der Waals surface area contributed by atoms with E-state index >= 15 is 0 Å². The Bertz CT molecular complexity index is 816. The van der Waals surface area contributed by atoms with Gasteiger partial charge in [0.15, 0.2) is 0 Å². The van der Waals surface area contributed by atoms with Gasteiger partial charge in [-0.1, -0.05) is 30.3 Å². The van der Waals surface area contributed by atoms with Crippen molar-refractivity contribution in [2.75, 3.05) is 10.8 Å². The zero-order valence-electron chi connectivity index (χ0n) is 13.8. The van der Waals surface area contributed by atoms with Gasteiger partial charge < -0.3 is 5.11 Å². The molecule has 6 heteroatoms. The van der Waals surface area contributed by atoms with Crippen LogP contribution in [0.4, 0.5) is 5.69 Å². The van der Waals surface area contributed by atoms with E-state index in [1.165, 1.54) is 4.31 Å². The fraction of sp³-hybridized carbons (Fsp3) is 0.278. The Kier molecular flexibility index (Phi) is 5.62. The summed E-state index contributed by atoms with van der Waals surface area (Å²) in [7, 11) is -3.75. The van der Waals surface area contributed by atoms with Gasteiger partial charge in [0.1, 0.15) is 0 Å². The highest BCUT2D eigenvalue weighted by atomic mass is 32.2. The molecular weight excluding hydrogens is 326 g/mol. The summed E-state index contributed by atoms with van der Waals surface area (Å²) in [6, 6.07) is 13.8. The number of benzene rings is 2. The quantitative estimate of drug-likeness (QED) is 0.833. The fourth-order valence-electron chi connectivity index (χ4n) is 2.45. The molecule has 0 fully saturated rings. The summed E-state index contributed by atoms with van der Waals surface area (Å²) in [5.41, 5.74) is 2.36. The van der Waals surface area contributed by atoms with Crippen LogP contribution in [0, 0.1) is 13.8 Å². The number of aryl methyl sites for hydroxylation is 2. The second-order valence-corrected chi connectivity index (χ2v) is 7.54. The number of carboxylic acid groups (broad SMARTS) is 1. The summed E-state index contributed by atoms with van der Waals surface area (Å²) in [4.78, 5) is 11.0. The smallest absolute Gasteiger partial charge is 0.303 e. The Morgan fingerprint density at radius 2 is 1.75 bits per heavy atom. The molecule has 0 amide bonds. The zero-order chi connectivity index (χ0) is 17.7. The predicted octanol–water partition coefficient (Wildman–Crippen LogP) is 3.36. The molecule has 0 spiro atoms. The molecule has 0 atom stereocenters. The van der Waals surface area contributed by atoms with E-state index in [0.29, 0.717) is 5.69 Å². The van der Waals surface area contributed by atoms with Crippen LogP contribution >= 0.6 is 0 Å². The Morgan fingerprint density at radius 3 is 2.38 bits per heavy atom. The molecule has 128 valence electrons. The third-order valence-corrected chi connectivity index (χ3v) is 5.54. The van der Waals surface area contributed by atoms with Crippen molar-refractivity contribution < 1.29 is 18.3 Å². The van der Waals surface area contributed by atoms with E-state index in [9.17, 15) is 13.2 Å². The second kappa shape index (κ2) is 7.49. The van der Waals surface area contributed by atoms with Gasteiger partial charge in [-0.3, -0.25) is 9.10 Å². The highest BCUT2D eigenvalue weighted by Gasteiger charge is 2.25. The Morgan fingerprint density at radius 1 is 1.08 bits per heavy atom. The van der Waals surface area contributed by atoms with Crippen molar-refractivity contribution in [1.82, 2.24) is 0 Å². The van der Waals surface area contributed by atoms with Crippen LogP contribution in [0.15, 0.2) is 53.4 Å². The average molecular weight is 347 g/mol. The number of anilines is 1. The lowest BCUT2D eigenvalue weighted by atomic mass is 10.1. The third-order valence-electron chi connectivity index (χ3n) is 3.72. The summed E-state index contributed by atoms with van der Waals surface area (Å²) in [5, 5.41) is 8.85. The Balaban J connectivity index is 2.46. The van der Waals surface area contributed by atoms with Crippen molar-refractivity contribution in [1.29, 1.82) is 0 Å². The average Bonchev–Trinajstić information content (AvgIpc) is 2.54. The molecule has 0 aliphatic heterocycles. The highest BCUT2D eigenvalue weighted by molar-refractivity contribution is 7.92. The lowest BCUT2D eigenvalue weighted by Gasteiger charge is -2.26. The number of carbonyl (C=O) groups is 1. The number of sulfonamides is 1. The molecule has 0 aliphatic rings. The molecule has 0 aromatic heterocycles. The first-order valence-electron chi connectivity index (χ1n) is 7.69. The van der Waals surface area contributed by atoms with E-state index in [4.69, 9.17) is 5.11 Å². The number of carboxylic acids is 1. The van der Waals surface area contributed by atoms with Gasteiger partial charge in [-0.25, -0.2) is 8.42 Å². The van der Waals surface area contributed by atoms with Crippen molar-refractivity contribution in [2.24, 2.45) is 0 Å². The number of nitrogens with zero attached hydrogens (tertiary/aromatic N) is 1. The van der Waals surface area contributed by atoms with Crippen LogP contribution in [-0.2, 0) is 14.8 Å². The summed E-state index contributed by atoms with van der Waals surface area (Å²) in [6.07, 6.45) is 0.167. The van der Waals surface area contributed by atoms with E-state index < -0.39 is 16.0 Å². The largest absolute Gasteiger partial charge is 0.481 e. The van der Waals surface area contributed by atoms with Crippen LogP contribution in [0.1, 0.15) is 24.0 Å². The first-order chi connectivity index (χ1) is 11.3.